The van der Waals surface area contributed by atoms with Crippen molar-refractivity contribution in [1.82, 2.24) is 0 Å². The van der Waals surface area contributed by atoms with E-state index in [9.17, 15) is 9.50 Å². The molecule has 3 nitrogen and oxygen atoms in total. The zero-order chi connectivity index (χ0) is 13.1. The minimum absolute atomic E-state index is 0.118. The van der Waals surface area contributed by atoms with Gasteiger partial charge in [0.25, 0.3) is 0 Å². The van der Waals surface area contributed by atoms with E-state index in [-0.39, 0.29) is 16.1 Å². The second-order valence-corrected chi connectivity index (χ2v) is 5.30. The van der Waals surface area contributed by atoms with E-state index in [1.807, 2.05) is 6.07 Å². The van der Waals surface area contributed by atoms with Gasteiger partial charge in [0.15, 0.2) is 5.82 Å². The molecule has 0 aromatic heterocycles. The molecule has 96 valence electrons. The number of aliphatic hydroxyl groups excluding tert-OH is 1. The van der Waals surface area contributed by atoms with Crippen molar-refractivity contribution in [2.75, 3.05) is 5.32 Å². The van der Waals surface area contributed by atoms with E-state index in [2.05, 4.69) is 21.2 Å². The molecule has 2 N–H and O–H groups in total. The second kappa shape index (κ2) is 5.68. The summed E-state index contributed by atoms with van der Waals surface area (Å²) in [6.45, 7) is 0. The first-order valence-electron chi connectivity index (χ1n) is 5.96. The Bertz CT molecular complexity index is 487. The van der Waals surface area contributed by atoms with Gasteiger partial charge in [-0.1, -0.05) is 12.8 Å². The third-order valence-corrected chi connectivity index (χ3v) is 4.05. The predicted octanol–water partition coefficient (Wildman–Crippen LogP) is 3.18. The van der Waals surface area contributed by atoms with Crippen molar-refractivity contribution < 1.29 is 9.50 Å². The van der Waals surface area contributed by atoms with Gasteiger partial charge in [-0.25, -0.2) is 4.39 Å². The molecule has 0 spiro atoms. The summed E-state index contributed by atoms with van der Waals surface area (Å²) >= 11 is 3.07. The lowest BCUT2D eigenvalue weighted by Crippen LogP contribution is -2.36. The molecule has 5 heteroatoms. The monoisotopic (exact) mass is 312 g/mol. The number of hydrogen-bond acceptors (Lipinski definition) is 3. The molecular weight excluding hydrogens is 299 g/mol. The van der Waals surface area contributed by atoms with E-state index in [1.54, 1.807) is 12.1 Å². The van der Waals surface area contributed by atoms with Crippen molar-refractivity contribution in [1.29, 1.82) is 5.26 Å². The normalized spacial score (nSPS) is 23.4. The zero-order valence-electron chi connectivity index (χ0n) is 9.79. The lowest BCUT2D eigenvalue weighted by molar-refractivity contribution is 0.116. The van der Waals surface area contributed by atoms with Crippen molar-refractivity contribution in [3.05, 3.63) is 28.0 Å². The van der Waals surface area contributed by atoms with Crippen molar-refractivity contribution in [2.45, 2.75) is 37.8 Å². The van der Waals surface area contributed by atoms with Gasteiger partial charge in [0, 0.05) is 0 Å². The number of benzene rings is 1. The summed E-state index contributed by atoms with van der Waals surface area (Å²) in [6.07, 6.45) is 3.19. The molecule has 18 heavy (non-hydrogen) atoms. The van der Waals surface area contributed by atoms with Gasteiger partial charge in [-0.05, 0) is 40.9 Å². The summed E-state index contributed by atoms with van der Waals surface area (Å²) in [4.78, 5) is 0. The van der Waals surface area contributed by atoms with Crippen LogP contribution in [-0.2, 0) is 0 Å². The molecule has 1 fully saturated rings. The van der Waals surface area contributed by atoms with Gasteiger partial charge < -0.3 is 10.4 Å². The number of aliphatic hydroxyl groups is 1. The van der Waals surface area contributed by atoms with Crippen LogP contribution in [0.3, 0.4) is 0 Å². The van der Waals surface area contributed by atoms with Crippen LogP contribution in [0.2, 0.25) is 0 Å². The molecule has 1 aliphatic rings. The highest BCUT2D eigenvalue weighted by atomic mass is 79.9. The molecule has 2 rings (SSSR count). The fraction of sp³-hybridized carbons (Fsp3) is 0.462. The molecule has 2 unspecified atom stereocenters. The van der Waals surface area contributed by atoms with E-state index in [0.29, 0.717) is 5.69 Å². The molecule has 0 bridgehead atoms. The van der Waals surface area contributed by atoms with Crippen LogP contribution < -0.4 is 5.32 Å². The van der Waals surface area contributed by atoms with Crippen molar-refractivity contribution >= 4 is 21.6 Å². The van der Waals surface area contributed by atoms with Gasteiger partial charge in [-0.15, -0.1) is 0 Å². The highest BCUT2D eigenvalue weighted by molar-refractivity contribution is 9.10. The van der Waals surface area contributed by atoms with Crippen LogP contribution in [0.15, 0.2) is 16.6 Å². The molecule has 0 aliphatic heterocycles. The van der Waals surface area contributed by atoms with E-state index in [4.69, 9.17) is 5.26 Å². The highest BCUT2D eigenvalue weighted by Gasteiger charge is 2.24. The van der Waals surface area contributed by atoms with Crippen molar-refractivity contribution in [3.63, 3.8) is 0 Å². The molecule has 0 saturated heterocycles. The molecular formula is C13H14BrFN2O. The van der Waals surface area contributed by atoms with Crippen LogP contribution in [0.25, 0.3) is 0 Å². The Morgan fingerprint density at radius 2 is 2.11 bits per heavy atom. The first-order valence-corrected chi connectivity index (χ1v) is 6.75. The number of rotatable bonds is 2. The van der Waals surface area contributed by atoms with Crippen LogP contribution in [-0.4, -0.2) is 17.3 Å². The third-order valence-electron chi connectivity index (χ3n) is 3.27. The fourth-order valence-electron chi connectivity index (χ4n) is 2.23. The maximum Gasteiger partial charge on any atom is 0.161 e. The summed E-state index contributed by atoms with van der Waals surface area (Å²) in [6, 6.07) is 4.90. The molecule has 1 aliphatic carbocycles. The van der Waals surface area contributed by atoms with Gasteiger partial charge in [0.2, 0.25) is 0 Å². The molecule has 0 radical (unpaired) electrons. The third kappa shape index (κ3) is 2.65. The Balaban J connectivity index is 2.19. The van der Waals surface area contributed by atoms with Gasteiger partial charge in [-0.3, -0.25) is 0 Å². The minimum Gasteiger partial charge on any atom is -0.391 e. The molecule has 1 aromatic carbocycles. The number of nitrogens with zero attached hydrogens (tertiary/aromatic N) is 1. The lowest BCUT2D eigenvalue weighted by atomic mass is 9.92. The van der Waals surface area contributed by atoms with E-state index < -0.39 is 11.9 Å². The maximum absolute atomic E-state index is 14.0. The smallest absolute Gasteiger partial charge is 0.161 e. The van der Waals surface area contributed by atoms with E-state index in [1.165, 1.54) is 0 Å². The summed E-state index contributed by atoms with van der Waals surface area (Å²) in [5.74, 6) is -0.480. The minimum atomic E-state index is -0.480. The van der Waals surface area contributed by atoms with Crippen LogP contribution in [0, 0.1) is 17.1 Å². The number of anilines is 1. The Hall–Kier alpha value is -1.12. The Morgan fingerprint density at radius 3 is 2.78 bits per heavy atom. The van der Waals surface area contributed by atoms with Gasteiger partial charge in [0.1, 0.15) is 6.07 Å². The molecule has 1 aromatic rings. The first-order chi connectivity index (χ1) is 8.63. The number of nitriles is 1. The van der Waals surface area contributed by atoms with Crippen molar-refractivity contribution in [2.24, 2.45) is 0 Å². The summed E-state index contributed by atoms with van der Waals surface area (Å²) in [5, 5.41) is 21.7. The maximum atomic E-state index is 14.0. The molecule has 0 amide bonds. The Kier molecular flexibility index (Phi) is 4.20. The van der Waals surface area contributed by atoms with Crippen molar-refractivity contribution in [3.8, 4) is 6.07 Å². The average molecular weight is 313 g/mol. The highest BCUT2D eigenvalue weighted by Crippen LogP contribution is 2.29. The van der Waals surface area contributed by atoms with Crippen LogP contribution in [0.5, 0.6) is 0 Å². The van der Waals surface area contributed by atoms with Crippen LogP contribution in [0.4, 0.5) is 10.1 Å². The Labute approximate surface area is 114 Å². The topological polar surface area (TPSA) is 56.0 Å². The van der Waals surface area contributed by atoms with Gasteiger partial charge >= 0.3 is 0 Å². The molecule has 1 saturated carbocycles. The summed E-state index contributed by atoms with van der Waals surface area (Å²) in [7, 11) is 0. The SMILES string of the molecule is N#Cc1ccc(NC2CCCCC2O)c(F)c1Br. The molecule has 0 heterocycles. The van der Waals surface area contributed by atoms with Crippen LogP contribution >= 0.6 is 15.9 Å². The van der Waals surface area contributed by atoms with E-state index >= 15 is 0 Å². The first kappa shape index (κ1) is 13.3. The number of nitrogens with one attached hydrogen (secondary N) is 1. The number of hydrogen-bond donors (Lipinski definition) is 2. The predicted molar refractivity (Wildman–Crippen MR) is 70.7 cm³/mol. The summed E-state index contributed by atoms with van der Waals surface area (Å²) < 4.78 is 14.2. The van der Waals surface area contributed by atoms with E-state index in [0.717, 1.165) is 25.7 Å². The number of halogens is 2. The standard InChI is InChI=1S/C13H14BrFN2O/c14-12-8(7-16)5-6-10(13(12)15)17-9-3-1-2-4-11(9)18/h5-6,9,11,17-18H,1-4H2. The van der Waals surface area contributed by atoms with Crippen LogP contribution in [0.1, 0.15) is 31.2 Å². The Morgan fingerprint density at radius 1 is 1.39 bits per heavy atom. The largest absolute Gasteiger partial charge is 0.391 e. The lowest BCUT2D eigenvalue weighted by Gasteiger charge is -2.29. The summed E-state index contributed by atoms with van der Waals surface area (Å²) in [5.41, 5.74) is 0.592. The fourth-order valence-corrected chi connectivity index (χ4v) is 2.66. The average Bonchev–Trinajstić information content (AvgIpc) is 2.38. The quantitative estimate of drug-likeness (QED) is 0.882. The van der Waals surface area contributed by atoms with Gasteiger partial charge in [0.05, 0.1) is 27.9 Å². The second-order valence-electron chi connectivity index (χ2n) is 4.50. The molecule has 2 atom stereocenters. The zero-order valence-corrected chi connectivity index (χ0v) is 11.4. The van der Waals surface area contributed by atoms with Gasteiger partial charge in [-0.2, -0.15) is 5.26 Å².